The molecular weight excluding hydrogens is 244 g/mol. The highest BCUT2D eigenvalue weighted by atomic mass is 35.5. The van der Waals surface area contributed by atoms with Crippen LogP contribution in [0.1, 0.15) is 31.2 Å². The number of hydrogen-bond acceptors (Lipinski definition) is 2. The van der Waals surface area contributed by atoms with E-state index < -0.39 is 0 Å². The molecule has 1 aromatic rings. The average molecular weight is 265 g/mol. The van der Waals surface area contributed by atoms with Gasteiger partial charge in [-0.15, -0.1) is 0 Å². The molecule has 0 bridgehead atoms. The smallest absolute Gasteiger partial charge is 0.0409 e. The Kier molecular flexibility index (Phi) is 3.88. The van der Waals surface area contributed by atoms with Crippen molar-refractivity contribution in [3.05, 3.63) is 34.9 Å². The van der Waals surface area contributed by atoms with Gasteiger partial charge in [0.15, 0.2) is 0 Å². The fourth-order valence-electron chi connectivity index (χ4n) is 2.79. The molecule has 3 heteroatoms. The number of hydrogen-bond donors (Lipinski definition) is 1. The topological polar surface area (TPSA) is 15.3 Å². The van der Waals surface area contributed by atoms with E-state index in [1.807, 2.05) is 12.1 Å². The Hall–Kier alpha value is -0.570. The summed E-state index contributed by atoms with van der Waals surface area (Å²) < 4.78 is 0. The molecule has 98 valence electrons. The van der Waals surface area contributed by atoms with E-state index in [4.69, 9.17) is 11.6 Å². The molecule has 2 fully saturated rings. The van der Waals surface area contributed by atoms with Gasteiger partial charge in [0.2, 0.25) is 0 Å². The van der Waals surface area contributed by atoms with Crippen LogP contribution in [0.3, 0.4) is 0 Å². The molecule has 0 amide bonds. The predicted octanol–water partition coefficient (Wildman–Crippen LogP) is 3.06. The summed E-state index contributed by atoms with van der Waals surface area (Å²) >= 11 is 6.05. The van der Waals surface area contributed by atoms with Crippen molar-refractivity contribution < 1.29 is 0 Å². The standard InChI is InChI=1S/C15H21ClN2/c16-13-4-1-3-12(9-13)11-18-8-2-5-15(18)10-17-14-6-7-14/h1,3-4,9,14-15,17H,2,5-8,10-11H2. The second-order valence-corrected chi connectivity index (χ2v) is 6.02. The lowest BCUT2D eigenvalue weighted by molar-refractivity contribution is 0.239. The molecule has 1 aliphatic carbocycles. The van der Waals surface area contributed by atoms with Crippen molar-refractivity contribution in [1.29, 1.82) is 0 Å². The highest BCUT2D eigenvalue weighted by Crippen LogP contribution is 2.23. The lowest BCUT2D eigenvalue weighted by Gasteiger charge is -2.25. The van der Waals surface area contributed by atoms with Gasteiger partial charge in [0.1, 0.15) is 0 Å². The highest BCUT2D eigenvalue weighted by molar-refractivity contribution is 6.30. The highest BCUT2D eigenvalue weighted by Gasteiger charge is 2.27. The Bertz CT molecular complexity index is 403. The first-order valence-corrected chi connectivity index (χ1v) is 7.41. The largest absolute Gasteiger partial charge is 0.312 e. The third kappa shape index (κ3) is 3.25. The van der Waals surface area contributed by atoms with Crippen molar-refractivity contribution >= 4 is 11.6 Å². The molecule has 1 atom stereocenters. The molecule has 3 rings (SSSR count). The monoisotopic (exact) mass is 264 g/mol. The lowest BCUT2D eigenvalue weighted by Crippen LogP contribution is -2.38. The van der Waals surface area contributed by atoms with Crippen LogP contribution in [0.25, 0.3) is 0 Å². The Balaban J connectivity index is 1.56. The summed E-state index contributed by atoms with van der Waals surface area (Å²) in [6.07, 6.45) is 5.42. The van der Waals surface area contributed by atoms with Gasteiger partial charge in [-0.25, -0.2) is 0 Å². The molecular formula is C15H21ClN2. The van der Waals surface area contributed by atoms with Crippen LogP contribution in [-0.2, 0) is 6.54 Å². The van der Waals surface area contributed by atoms with Gasteiger partial charge >= 0.3 is 0 Å². The number of benzene rings is 1. The van der Waals surface area contributed by atoms with Crippen LogP contribution >= 0.6 is 11.6 Å². The van der Waals surface area contributed by atoms with E-state index in [1.54, 1.807) is 0 Å². The normalized spacial score (nSPS) is 24.6. The minimum Gasteiger partial charge on any atom is -0.312 e. The SMILES string of the molecule is Clc1cccc(CN2CCCC2CNC2CC2)c1. The summed E-state index contributed by atoms with van der Waals surface area (Å²) in [5.41, 5.74) is 1.33. The second kappa shape index (κ2) is 5.60. The van der Waals surface area contributed by atoms with E-state index in [9.17, 15) is 0 Å². The Labute approximate surface area is 114 Å². The summed E-state index contributed by atoms with van der Waals surface area (Å²) in [6.45, 7) is 3.42. The maximum absolute atomic E-state index is 6.05. The minimum atomic E-state index is 0.713. The predicted molar refractivity (Wildman–Crippen MR) is 75.9 cm³/mol. The Morgan fingerprint density at radius 1 is 1.28 bits per heavy atom. The summed E-state index contributed by atoms with van der Waals surface area (Å²) in [5, 5.41) is 4.50. The number of nitrogens with zero attached hydrogens (tertiary/aromatic N) is 1. The molecule has 1 saturated heterocycles. The van der Waals surface area contributed by atoms with Crippen LogP contribution < -0.4 is 5.32 Å². The van der Waals surface area contributed by atoms with E-state index in [2.05, 4.69) is 22.3 Å². The van der Waals surface area contributed by atoms with E-state index in [1.165, 1.54) is 37.8 Å². The third-order valence-electron chi connectivity index (χ3n) is 3.99. The number of halogens is 1. The Morgan fingerprint density at radius 3 is 2.94 bits per heavy atom. The molecule has 1 N–H and O–H groups in total. The van der Waals surface area contributed by atoms with Crippen molar-refractivity contribution in [3.63, 3.8) is 0 Å². The summed E-state index contributed by atoms with van der Waals surface area (Å²) in [4.78, 5) is 2.60. The molecule has 1 saturated carbocycles. The molecule has 2 aliphatic rings. The minimum absolute atomic E-state index is 0.713. The van der Waals surface area contributed by atoms with Crippen LogP contribution in [0.5, 0.6) is 0 Å². The van der Waals surface area contributed by atoms with Gasteiger partial charge in [0.25, 0.3) is 0 Å². The van der Waals surface area contributed by atoms with E-state index >= 15 is 0 Å². The summed E-state index contributed by atoms with van der Waals surface area (Å²) in [6, 6.07) is 9.79. The van der Waals surface area contributed by atoms with Crippen LogP contribution in [-0.4, -0.2) is 30.1 Å². The van der Waals surface area contributed by atoms with Gasteiger partial charge in [-0.05, 0) is 49.9 Å². The number of nitrogens with one attached hydrogen (secondary N) is 1. The van der Waals surface area contributed by atoms with Gasteiger partial charge < -0.3 is 5.32 Å². The molecule has 1 unspecified atom stereocenters. The van der Waals surface area contributed by atoms with Gasteiger partial charge in [0.05, 0.1) is 0 Å². The summed E-state index contributed by atoms with van der Waals surface area (Å²) in [7, 11) is 0. The fraction of sp³-hybridized carbons (Fsp3) is 0.600. The van der Waals surface area contributed by atoms with Crippen LogP contribution in [0.2, 0.25) is 5.02 Å². The van der Waals surface area contributed by atoms with Gasteiger partial charge in [-0.2, -0.15) is 0 Å². The van der Waals surface area contributed by atoms with E-state index in [-0.39, 0.29) is 0 Å². The molecule has 0 aromatic heterocycles. The molecule has 2 nitrogen and oxygen atoms in total. The first-order valence-electron chi connectivity index (χ1n) is 7.03. The second-order valence-electron chi connectivity index (χ2n) is 5.58. The first-order chi connectivity index (χ1) is 8.81. The molecule has 18 heavy (non-hydrogen) atoms. The molecule has 1 heterocycles. The van der Waals surface area contributed by atoms with Crippen LogP contribution in [0.4, 0.5) is 0 Å². The average Bonchev–Trinajstić information content (AvgIpc) is 3.08. The number of rotatable bonds is 5. The van der Waals surface area contributed by atoms with E-state index in [0.717, 1.165) is 24.2 Å². The van der Waals surface area contributed by atoms with Crippen molar-refractivity contribution in [2.45, 2.75) is 44.3 Å². The number of likely N-dealkylation sites (tertiary alicyclic amines) is 1. The zero-order chi connectivity index (χ0) is 12.4. The van der Waals surface area contributed by atoms with Crippen LogP contribution in [0, 0.1) is 0 Å². The van der Waals surface area contributed by atoms with Crippen molar-refractivity contribution in [2.24, 2.45) is 0 Å². The fourth-order valence-corrected chi connectivity index (χ4v) is 3.01. The molecule has 1 aliphatic heterocycles. The van der Waals surface area contributed by atoms with Crippen LogP contribution in [0.15, 0.2) is 24.3 Å². The zero-order valence-electron chi connectivity index (χ0n) is 10.7. The molecule has 1 aromatic carbocycles. The molecule has 0 spiro atoms. The van der Waals surface area contributed by atoms with Crippen molar-refractivity contribution in [2.75, 3.05) is 13.1 Å². The van der Waals surface area contributed by atoms with E-state index in [0.29, 0.717) is 6.04 Å². The quantitative estimate of drug-likeness (QED) is 0.879. The zero-order valence-corrected chi connectivity index (χ0v) is 11.5. The maximum Gasteiger partial charge on any atom is 0.0409 e. The summed E-state index contributed by atoms with van der Waals surface area (Å²) in [5.74, 6) is 0. The first kappa shape index (κ1) is 12.5. The Morgan fingerprint density at radius 2 is 2.17 bits per heavy atom. The lowest BCUT2D eigenvalue weighted by atomic mass is 10.2. The van der Waals surface area contributed by atoms with Crippen molar-refractivity contribution in [3.8, 4) is 0 Å². The third-order valence-corrected chi connectivity index (χ3v) is 4.23. The van der Waals surface area contributed by atoms with Gasteiger partial charge in [0, 0.05) is 30.2 Å². The van der Waals surface area contributed by atoms with Gasteiger partial charge in [-0.3, -0.25) is 4.90 Å². The maximum atomic E-state index is 6.05. The van der Waals surface area contributed by atoms with Crippen molar-refractivity contribution in [1.82, 2.24) is 10.2 Å². The van der Waals surface area contributed by atoms with Gasteiger partial charge in [-0.1, -0.05) is 23.7 Å². The molecule has 0 radical (unpaired) electrons.